The van der Waals surface area contributed by atoms with E-state index in [9.17, 15) is 14.4 Å². The Morgan fingerprint density at radius 3 is 2.21 bits per heavy atom. The number of rotatable bonds is 8. The molecule has 0 atom stereocenters. The first-order valence-electron chi connectivity index (χ1n) is 12.2. The second-order valence-corrected chi connectivity index (χ2v) is 9.87. The lowest BCUT2D eigenvalue weighted by molar-refractivity contribution is -0.120. The number of nitrogens with zero attached hydrogens (tertiary/aromatic N) is 1. The maximum absolute atomic E-state index is 13.6. The number of hydrogen-bond acceptors (Lipinski definition) is 6. The number of anilines is 3. The Labute approximate surface area is 230 Å². The van der Waals surface area contributed by atoms with Crippen molar-refractivity contribution in [2.75, 3.05) is 22.6 Å². The predicted molar refractivity (Wildman–Crippen MR) is 154 cm³/mol. The van der Waals surface area contributed by atoms with E-state index in [2.05, 4.69) is 10.6 Å². The molecule has 0 saturated carbocycles. The zero-order chi connectivity index (χ0) is 27.4. The van der Waals surface area contributed by atoms with Crippen molar-refractivity contribution < 1.29 is 19.1 Å². The van der Waals surface area contributed by atoms with Crippen LogP contribution in [0.25, 0.3) is 0 Å². The van der Waals surface area contributed by atoms with E-state index in [-0.39, 0.29) is 16.5 Å². The van der Waals surface area contributed by atoms with Gasteiger partial charge >= 0.3 is 0 Å². The Morgan fingerprint density at radius 2 is 1.51 bits per heavy atom. The SMILES string of the molecule is COc1ccc(C(=O)Nc2cccc(SC3=C(Nc4ccc(C)cc4)C(=O)N(c4ccccc4)C3=O)c2)cc1. The molecular weight excluding hydrogens is 510 g/mol. The number of hydrogen-bond donors (Lipinski definition) is 2. The molecule has 194 valence electrons. The molecule has 0 unspecified atom stereocenters. The van der Waals surface area contributed by atoms with Crippen molar-refractivity contribution in [2.24, 2.45) is 0 Å². The van der Waals surface area contributed by atoms with Gasteiger partial charge in [0.05, 0.1) is 12.8 Å². The molecule has 4 aromatic carbocycles. The number of ether oxygens (including phenoxy) is 1. The van der Waals surface area contributed by atoms with Crippen LogP contribution in [0.4, 0.5) is 17.1 Å². The molecule has 39 heavy (non-hydrogen) atoms. The fourth-order valence-electron chi connectivity index (χ4n) is 4.01. The number of imide groups is 1. The van der Waals surface area contributed by atoms with Crippen LogP contribution in [0.3, 0.4) is 0 Å². The smallest absolute Gasteiger partial charge is 0.283 e. The van der Waals surface area contributed by atoms with Crippen LogP contribution in [-0.4, -0.2) is 24.8 Å². The van der Waals surface area contributed by atoms with E-state index in [1.54, 1.807) is 73.8 Å². The zero-order valence-corrected chi connectivity index (χ0v) is 22.1. The summed E-state index contributed by atoms with van der Waals surface area (Å²) in [6, 6.07) is 30.4. The highest BCUT2D eigenvalue weighted by Crippen LogP contribution is 2.38. The van der Waals surface area contributed by atoms with Crippen LogP contribution in [0.5, 0.6) is 5.75 Å². The highest BCUT2D eigenvalue weighted by atomic mass is 32.2. The Hall–Kier alpha value is -4.82. The molecule has 0 aromatic heterocycles. The fraction of sp³-hybridized carbons (Fsp3) is 0.0645. The van der Waals surface area contributed by atoms with Gasteiger partial charge in [0, 0.05) is 21.8 Å². The molecule has 0 saturated heterocycles. The van der Waals surface area contributed by atoms with Gasteiger partial charge in [-0.15, -0.1) is 0 Å². The first-order chi connectivity index (χ1) is 18.9. The van der Waals surface area contributed by atoms with Crippen LogP contribution in [0, 0.1) is 6.92 Å². The maximum atomic E-state index is 13.6. The van der Waals surface area contributed by atoms with Gasteiger partial charge in [-0.05, 0) is 73.7 Å². The van der Waals surface area contributed by atoms with Crippen molar-refractivity contribution in [2.45, 2.75) is 11.8 Å². The van der Waals surface area contributed by atoms with Crippen molar-refractivity contribution in [1.82, 2.24) is 0 Å². The van der Waals surface area contributed by atoms with Crippen LogP contribution < -0.4 is 20.3 Å². The number of thioether (sulfide) groups is 1. The summed E-state index contributed by atoms with van der Waals surface area (Å²) in [7, 11) is 1.57. The molecule has 7 nitrogen and oxygen atoms in total. The number of amides is 3. The minimum absolute atomic E-state index is 0.199. The quantitative estimate of drug-likeness (QED) is 0.260. The highest BCUT2D eigenvalue weighted by molar-refractivity contribution is 8.04. The third-order valence-corrected chi connectivity index (χ3v) is 7.11. The van der Waals surface area contributed by atoms with Crippen molar-refractivity contribution in [1.29, 1.82) is 0 Å². The van der Waals surface area contributed by atoms with E-state index < -0.39 is 11.8 Å². The fourth-order valence-corrected chi connectivity index (χ4v) is 5.00. The molecule has 3 amide bonds. The molecule has 0 aliphatic carbocycles. The van der Waals surface area contributed by atoms with Crippen LogP contribution in [0.2, 0.25) is 0 Å². The van der Waals surface area contributed by atoms with Crippen LogP contribution >= 0.6 is 11.8 Å². The Balaban J connectivity index is 1.42. The van der Waals surface area contributed by atoms with E-state index in [0.29, 0.717) is 33.3 Å². The van der Waals surface area contributed by atoms with E-state index in [1.807, 2.05) is 43.3 Å². The number of nitrogens with one attached hydrogen (secondary N) is 2. The van der Waals surface area contributed by atoms with Gasteiger partial charge in [-0.1, -0.05) is 53.7 Å². The van der Waals surface area contributed by atoms with E-state index in [1.165, 1.54) is 16.7 Å². The van der Waals surface area contributed by atoms with Gasteiger partial charge in [-0.25, -0.2) is 4.90 Å². The molecule has 0 spiro atoms. The average Bonchev–Trinajstić information content (AvgIpc) is 3.18. The number of carbonyl (C=O) groups is 3. The second kappa shape index (κ2) is 11.3. The van der Waals surface area contributed by atoms with E-state index in [4.69, 9.17) is 4.74 Å². The summed E-state index contributed by atoms with van der Waals surface area (Å²) in [5, 5.41) is 6.05. The molecule has 2 N–H and O–H groups in total. The molecule has 0 fully saturated rings. The molecule has 1 heterocycles. The molecule has 1 aliphatic heterocycles. The molecule has 4 aromatic rings. The summed E-state index contributed by atoms with van der Waals surface area (Å²) >= 11 is 1.17. The number of para-hydroxylation sites is 1. The monoisotopic (exact) mass is 535 g/mol. The number of carbonyl (C=O) groups excluding carboxylic acids is 3. The van der Waals surface area contributed by atoms with E-state index >= 15 is 0 Å². The van der Waals surface area contributed by atoms with Gasteiger partial charge in [0.15, 0.2) is 0 Å². The van der Waals surface area contributed by atoms with Gasteiger partial charge in [0.2, 0.25) is 0 Å². The molecule has 0 bridgehead atoms. The summed E-state index contributed by atoms with van der Waals surface area (Å²) in [6.45, 7) is 1.98. The summed E-state index contributed by atoms with van der Waals surface area (Å²) in [6.07, 6.45) is 0. The summed E-state index contributed by atoms with van der Waals surface area (Å²) in [5.74, 6) is -0.464. The summed E-state index contributed by atoms with van der Waals surface area (Å²) in [5.41, 5.74) is 3.52. The van der Waals surface area contributed by atoms with Crippen molar-refractivity contribution in [3.63, 3.8) is 0 Å². The standard InChI is InChI=1S/C31H25N3O4S/c1-20-11-15-22(16-12-20)32-27-28(31(37)34(30(27)36)24-8-4-3-5-9-24)39-26-10-6-7-23(19-26)33-29(35)21-13-17-25(38-2)18-14-21/h3-19,32H,1-2H3,(H,33,35). The lowest BCUT2D eigenvalue weighted by Crippen LogP contribution is -2.32. The number of aryl methyl sites for hydroxylation is 1. The average molecular weight is 536 g/mol. The summed E-state index contributed by atoms with van der Waals surface area (Å²) < 4.78 is 5.15. The highest BCUT2D eigenvalue weighted by Gasteiger charge is 2.40. The van der Waals surface area contributed by atoms with Gasteiger partial charge in [0.25, 0.3) is 17.7 Å². The molecular formula is C31H25N3O4S. The predicted octanol–water partition coefficient (Wildman–Crippen LogP) is 6.25. The largest absolute Gasteiger partial charge is 0.497 e. The Bertz CT molecular complexity index is 1570. The summed E-state index contributed by atoms with van der Waals surface area (Å²) in [4.78, 5) is 42.0. The van der Waals surface area contributed by atoms with Crippen LogP contribution in [-0.2, 0) is 9.59 Å². The maximum Gasteiger partial charge on any atom is 0.283 e. The third kappa shape index (κ3) is 5.71. The third-order valence-electron chi connectivity index (χ3n) is 6.04. The minimum Gasteiger partial charge on any atom is -0.497 e. The van der Waals surface area contributed by atoms with Gasteiger partial charge < -0.3 is 15.4 Å². The zero-order valence-electron chi connectivity index (χ0n) is 21.3. The van der Waals surface area contributed by atoms with Gasteiger partial charge in [-0.2, -0.15) is 0 Å². The second-order valence-electron chi connectivity index (χ2n) is 8.79. The van der Waals surface area contributed by atoms with Crippen molar-refractivity contribution in [3.05, 3.63) is 125 Å². The molecule has 0 radical (unpaired) electrons. The number of benzene rings is 4. The lowest BCUT2D eigenvalue weighted by atomic mass is 10.2. The molecule has 5 rings (SSSR count). The van der Waals surface area contributed by atoms with Gasteiger partial charge in [0.1, 0.15) is 16.4 Å². The van der Waals surface area contributed by atoms with E-state index in [0.717, 1.165) is 5.56 Å². The van der Waals surface area contributed by atoms with Crippen LogP contribution in [0.15, 0.2) is 119 Å². The van der Waals surface area contributed by atoms with Gasteiger partial charge in [-0.3, -0.25) is 14.4 Å². The topological polar surface area (TPSA) is 87.7 Å². The first-order valence-corrected chi connectivity index (χ1v) is 13.0. The van der Waals surface area contributed by atoms with Crippen molar-refractivity contribution >= 4 is 46.5 Å². The van der Waals surface area contributed by atoms with Crippen molar-refractivity contribution in [3.8, 4) is 5.75 Å². The normalized spacial score (nSPS) is 13.0. The van der Waals surface area contributed by atoms with Crippen LogP contribution in [0.1, 0.15) is 15.9 Å². The Morgan fingerprint density at radius 1 is 0.795 bits per heavy atom. The molecule has 1 aliphatic rings. The minimum atomic E-state index is -0.432. The molecule has 8 heteroatoms. The lowest BCUT2D eigenvalue weighted by Gasteiger charge is -2.15. The number of methoxy groups -OCH3 is 1. The Kier molecular flexibility index (Phi) is 7.47. The first kappa shape index (κ1) is 25.8.